The normalized spacial score (nSPS) is 10.8. The highest BCUT2D eigenvalue weighted by molar-refractivity contribution is 6.01. The highest BCUT2D eigenvalue weighted by atomic mass is 16.5. The fraction of sp³-hybridized carbons (Fsp3) is 0.192. The summed E-state index contributed by atoms with van der Waals surface area (Å²) in [5.41, 5.74) is 3.79. The number of fused-ring (bicyclic) bond motifs is 1. The van der Waals surface area contributed by atoms with E-state index in [-0.39, 0.29) is 18.4 Å². The van der Waals surface area contributed by atoms with Crippen molar-refractivity contribution in [2.45, 2.75) is 13.8 Å². The summed E-state index contributed by atoms with van der Waals surface area (Å²) in [6, 6.07) is 22.5. The van der Waals surface area contributed by atoms with Crippen LogP contribution in [0.5, 0.6) is 5.75 Å². The van der Waals surface area contributed by atoms with Crippen molar-refractivity contribution in [1.29, 1.82) is 0 Å². The number of rotatable bonds is 7. The van der Waals surface area contributed by atoms with Crippen molar-refractivity contribution >= 4 is 28.5 Å². The fourth-order valence-corrected chi connectivity index (χ4v) is 3.82. The van der Waals surface area contributed by atoms with Crippen LogP contribution in [0.15, 0.2) is 72.8 Å². The summed E-state index contributed by atoms with van der Waals surface area (Å²) in [5, 5.41) is 2.82. The molecule has 2 amide bonds. The monoisotopic (exact) mass is 442 g/mol. The molecule has 0 spiro atoms. The number of amides is 2. The molecule has 0 aliphatic carbocycles. The van der Waals surface area contributed by atoms with E-state index in [0.717, 1.165) is 22.5 Å². The molecular weight excluding hydrogens is 416 g/mol. The third-order valence-corrected chi connectivity index (χ3v) is 5.44. The maximum Gasteiger partial charge on any atom is 0.254 e. The highest BCUT2D eigenvalue weighted by Crippen LogP contribution is 2.23. The molecule has 1 aromatic heterocycles. The van der Waals surface area contributed by atoms with E-state index in [1.807, 2.05) is 50.2 Å². The minimum absolute atomic E-state index is 0.0535. The van der Waals surface area contributed by atoms with E-state index in [9.17, 15) is 9.59 Å². The van der Waals surface area contributed by atoms with Gasteiger partial charge in [-0.25, -0.2) is 4.98 Å². The Labute approximate surface area is 192 Å². The maximum atomic E-state index is 13.2. The van der Waals surface area contributed by atoms with Crippen molar-refractivity contribution in [3.63, 3.8) is 0 Å². The van der Waals surface area contributed by atoms with Crippen LogP contribution in [0.2, 0.25) is 0 Å². The van der Waals surface area contributed by atoms with E-state index in [2.05, 4.69) is 14.9 Å². The van der Waals surface area contributed by atoms with Crippen molar-refractivity contribution in [2.75, 3.05) is 25.5 Å². The molecule has 7 nitrogen and oxygen atoms in total. The average molecular weight is 443 g/mol. The first-order valence-electron chi connectivity index (χ1n) is 10.8. The Morgan fingerprint density at radius 3 is 2.55 bits per heavy atom. The third kappa shape index (κ3) is 4.72. The van der Waals surface area contributed by atoms with Crippen LogP contribution in [0.3, 0.4) is 0 Å². The zero-order valence-corrected chi connectivity index (χ0v) is 18.9. The summed E-state index contributed by atoms with van der Waals surface area (Å²) in [4.78, 5) is 31.9. The molecule has 0 fully saturated rings. The van der Waals surface area contributed by atoms with Gasteiger partial charge in [-0.05, 0) is 56.3 Å². The van der Waals surface area contributed by atoms with Crippen LogP contribution >= 0.6 is 0 Å². The summed E-state index contributed by atoms with van der Waals surface area (Å²) in [7, 11) is 1.57. The van der Waals surface area contributed by atoms with Crippen molar-refractivity contribution in [2.24, 2.45) is 0 Å². The highest BCUT2D eigenvalue weighted by Gasteiger charge is 2.19. The number of hydrogen-bond donors (Lipinski definition) is 1. The Bertz CT molecular complexity index is 1300. The number of aromatic nitrogens is 2. The lowest BCUT2D eigenvalue weighted by molar-refractivity contribution is -0.116. The number of likely N-dealkylation sites (N-methyl/N-ethyl adjacent to an activating group) is 1. The quantitative estimate of drug-likeness (QED) is 0.459. The minimum Gasteiger partial charge on any atom is -0.497 e. The molecule has 0 saturated heterocycles. The van der Waals surface area contributed by atoms with Gasteiger partial charge in [0.15, 0.2) is 0 Å². The minimum atomic E-state index is -0.274. The molecule has 7 heteroatoms. The van der Waals surface area contributed by atoms with Crippen LogP contribution < -0.4 is 10.1 Å². The van der Waals surface area contributed by atoms with Crippen molar-refractivity contribution in [3.8, 4) is 11.4 Å². The van der Waals surface area contributed by atoms with E-state index in [1.54, 1.807) is 43.5 Å². The molecule has 0 unspecified atom stereocenters. The molecule has 0 radical (unpaired) electrons. The predicted molar refractivity (Wildman–Crippen MR) is 129 cm³/mol. The number of anilines is 1. The fourth-order valence-electron chi connectivity index (χ4n) is 3.82. The van der Waals surface area contributed by atoms with Crippen LogP contribution in [-0.4, -0.2) is 46.5 Å². The number of carbonyl (C=O) groups excluding carboxylic acids is 2. The second kappa shape index (κ2) is 9.56. The number of carbonyl (C=O) groups is 2. The second-order valence-electron chi connectivity index (χ2n) is 7.63. The molecule has 1 N–H and O–H groups in total. The van der Waals surface area contributed by atoms with Crippen LogP contribution in [0.25, 0.3) is 16.7 Å². The van der Waals surface area contributed by atoms with Gasteiger partial charge < -0.3 is 15.0 Å². The number of aryl methyl sites for hydroxylation is 1. The molecule has 0 aliphatic rings. The summed E-state index contributed by atoms with van der Waals surface area (Å²) < 4.78 is 7.24. The lowest BCUT2D eigenvalue weighted by atomic mass is 10.1. The van der Waals surface area contributed by atoms with Crippen LogP contribution in [-0.2, 0) is 4.79 Å². The second-order valence-corrected chi connectivity index (χ2v) is 7.63. The zero-order valence-electron chi connectivity index (χ0n) is 18.9. The number of imidazole rings is 1. The molecule has 168 valence electrons. The van der Waals surface area contributed by atoms with Crippen LogP contribution in [0.4, 0.5) is 5.69 Å². The number of methoxy groups -OCH3 is 1. The number of nitrogens with zero attached hydrogens (tertiary/aromatic N) is 3. The standard InChI is InChI=1S/C26H26N4O3/c1-4-29(17-25(31)28-20-9-8-12-22(16-20)33-3)26(32)19-13-14-24-23(15-19)27-18(2)30(24)21-10-6-5-7-11-21/h5-16H,4,17H2,1-3H3,(H,28,31). The van der Waals surface area contributed by atoms with Gasteiger partial charge in [-0.1, -0.05) is 24.3 Å². The van der Waals surface area contributed by atoms with Crippen LogP contribution in [0, 0.1) is 6.92 Å². The predicted octanol–water partition coefficient (Wildman–Crippen LogP) is 4.44. The Balaban J connectivity index is 1.53. The lowest BCUT2D eigenvalue weighted by Gasteiger charge is -2.20. The molecule has 0 atom stereocenters. The maximum absolute atomic E-state index is 13.2. The van der Waals surface area contributed by atoms with Gasteiger partial charge in [0.25, 0.3) is 5.91 Å². The Morgan fingerprint density at radius 2 is 1.82 bits per heavy atom. The third-order valence-electron chi connectivity index (χ3n) is 5.44. The molecule has 4 aromatic rings. The Hall–Kier alpha value is -4.13. The summed E-state index contributed by atoms with van der Waals surface area (Å²) >= 11 is 0. The summed E-state index contributed by atoms with van der Waals surface area (Å²) in [6.45, 7) is 4.14. The van der Waals surface area contributed by atoms with Gasteiger partial charge in [-0.2, -0.15) is 0 Å². The van der Waals surface area contributed by atoms with E-state index < -0.39 is 0 Å². The number of para-hydroxylation sites is 1. The molecule has 0 bridgehead atoms. The first-order chi connectivity index (χ1) is 16.0. The molecule has 0 saturated carbocycles. The number of hydrogen-bond acceptors (Lipinski definition) is 4. The Kier molecular flexibility index (Phi) is 6.40. The number of benzene rings is 3. The molecule has 0 aliphatic heterocycles. The van der Waals surface area contributed by atoms with Crippen LogP contribution in [0.1, 0.15) is 23.1 Å². The number of ether oxygens (including phenoxy) is 1. The molecule has 3 aromatic carbocycles. The molecule has 33 heavy (non-hydrogen) atoms. The smallest absolute Gasteiger partial charge is 0.254 e. The number of nitrogens with one attached hydrogen (secondary N) is 1. The van der Waals surface area contributed by atoms with E-state index in [0.29, 0.717) is 23.5 Å². The van der Waals surface area contributed by atoms with Gasteiger partial charge in [0, 0.05) is 29.5 Å². The SMILES string of the molecule is CCN(CC(=O)Nc1cccc(OC)c1)C(=O)c1ccc2c(c1)nc(C)n2-c1ccccc1. The van der Waals surface area contributed by atoms with Gasteiger partial charge in [-0.15, -0.1) is 0 Å². The van der Waals surface area contributed by atoms with Crippen molar-refractivity contribution in [3.05, 3.63) is 84.2 Å². The topological polar surface area (TPSA) is 76.5 Å². The lowest BCUT2D eigenvalue weighted by Crippen LogP contribution is -2.37. The molecule has 1 heterocycles. The molecule has 4 rings (SSSR count). The van der Waals surface area contributed by atoms with E-state index >= 15 is 0 Å². The summed E-state index contributed by atoms with van der Waals surface area (Å²) in [5.74, 6) is 0.997. The summed E-state index contributed by atoms with van der Waals surface area (Å²) in [6.07, 6.45) is 0. The van der Waals surface area contributed by atoms with Crippen molar-refractivity contribution in [1.82, 2.24) is 14.5 Å². The largest absolute Gasteiger partial charge is 0.497 e. The van der Waals surface area contributed by atoms with Gasteiger partial charge in [0.2, 0.25) is 5.91 Å². The van der Waals surface area contributed by atoms with E-state index in [4.69, 9.17) is 4.74 Å². The Morgan fingerprint density at radius 1 is 1.03 bits per heavy atom. The first-order valence-corrected chi connectivity index (χ1v) is 10.8. The van der Waals surface area contributed by atoms with Gasteiger partial charge in [0.05, 0.1) is 18.1 Å². The van der Waals surface area contributed by atoms with Gasteiger partial charge in [-0.3, -0.25) is 14.2 Å². The zero-order chi connectivity index (χ0) is 23.4. The van der Waals surface area contributed by atoms with E-state index in [1.165, 1.54) is 4.90 Å². The molecular formula is C26H26N4O3. The first kappa shape index (κ1) is 22.1. The van der Waals surface area contributed by atoms with Crippen molar-refractivity contribution < 1.29 is 14.3 Å². The van der Waals surface area contributed by atoms with Gasteiger partial charge >= 0.3 is 0 Å². The van der Waals surface area contributed by atoms with Gasteiger partial charge in [0.1, 0.15) is 18.1 Å². The average Bonchev–Trinajstić information content (AvgIpc) is 3.17.